The summed E-state index contributed by atoms with van der Waals surface area (Å²) in [6.45, 7) is 10.4. The van der Waals surface area contributed by atoms with Crippen molar-refractivity contribution in [2.75, 3.05) is 19.0 Å². The van der Waals surface area contributed by atoms with Crippen molar-refractivity contribution in [1.82, 2.24) is 10.6 Å². The van der Waals surface area contributed by atoms with E-state index in [1.807, 2.05) is 25.1 Å². The maximum atomic E-state index is 12.1. The third-order valence-electron chi connectivity index (χ3n) is 2.92. The molecular formula is C19H30N4O4S. The van der Waals surface area contributed by atoms with Gasteiger partial charge in [0.25, 0.3) is 0 Å². The molecule has 1 aromatic rings. The lowest BCUT2D eigenvalue weighted by Crippen LogP contribution is -2.47. The molecule has 1 rings (SSSR count). The summed E-state index contributed by atoms with van der Waals surface area (Å²) in [5.74, 6) is -0.117. The van der Waals surface area contributed by atoms with Gasteiger partial charge >= 0.3 is 12.2 Å². The second kappa shape index (κ2) is 9.18. The average molecular weight is 411 g/mol. The van der Waals surface area contributed by atoms with Crippen molar-refractivity contribution in [2.24, 2.45) is 4.99 Å². The van der Waals surface area contributed by atoms with Crippen molar-refractivity contribution in [3.63, 3.8) is 0 Å². The number of ether oxygens (including phenoxy) is 2. The van der Waals surface area contributed by atoms with Crippen LogP contribution in [0, 0.1) is 0 Å². The van der Waals surface area contributed by atoms with E-state index in [0.29, 0.717) is 10.6 Å². The number of rotatable bonds is 2. The molecule has 28 heavy (non-hydrogen) atoms. The Bertz CT molecular complexity index is 717. The summed E-state index contributed by atoms with van der Waals surface area (Å²) in [4.78, 5) is 31.1. The fraction of sp³-hybridized carbons (Fsp3) is 0.526. The van der Waals surface area contributed by atoms with E-state index in [2.05, 4.69) is 28.3 Å². The van der Waals surface area contributed by atoms with Crippen molar-refractivity contribution in [1.29, 1.82) is 0 Å². The van der Waals surface area contributed by atoms with E-state index in [0.717, 1.165) is 5.69 Å². The van der Waals surface area contributed by atoms with Gasteiger partial charge in [-0.3, -0.25) is 10.6 Å². The second-order valence-electron chi connectivity index (χ2n) is 8.28. The number of anilines is 1. The van der Waals surface area contributed by atoms with Crippen LogP contribution in [-0.2, 0) is 9.47 Å². The molecule has 1 aromatic carbocycles. The molecule has 2 N–H and O–H groups in total. The van der Waals surface area contributed by atoms with Gasteiger partial charge in [-0.25, -0.2) is 14.6 Å². The lowest BCUT2D eigenvalue weighted by Gasteiger charge is -2.22. The van der Waals surface area contributed by atoms with Crippen molar-refractivity contribution >= 4 is 42.1 Å². The van der Waals surface area contributed by atoms with Gasteiger partial charge in [0.1, 0.15) is 11.2 Å². The quantitative estimate of drug-likeness (QED) is 0.388. The Morgan fingerprint density at radius 3 is 1.79 bits per heavy atom. The van der Waals surface area contributed by atoms with E-state index in [1.165, 1.54) is 0 Å². The largest absolute Gasteiger partial charge is 0.444 e. The van der Waals surface area contributed by atoms with Crippen LogP contribution in [0.15, 0.2) is 28.1 Å². The summed E-state index contributed by atoms with van der Waals surface area (Å²) in [6.07, 6.45) is -1.50. The molecule has 9 heteroatoms. The van der Waals surface area contributed by atoms with Gasteiger partial charge in [-0.2, -0.15) is 0 Å². The van der Waals surface area contributed by atoms with E-state index >= 15 is 0 Å². The summed E-state index contributed by atoms with van der Waals surface area (Å²) in [6, 6.07) is 5.29. The fourth-order valence-electron chi connectivity index (χ4n) is 1.98. The number of benzene rings is 1. The molecule has 2 amide bonds. The van der Waals surface area contributed by atoms with Crippen molar-refractivity contribution < 1.29 is 19.1 Å². The third-order valence-corrected chi connectivity index (χ3v) is 3.28. The lowest BCUT2D eigenvalue weighted by molar-refractivity contribution is 0.0545. The number of thiol groups is 1. The van der Waals surface area contributed by atoms with Gasteiger partial charge in [0.2, 0.25) is 5.96 Å². The van der Waals surface area contributed by atoms with Gasteiger partial charge in [0.15, 0.2) is 0 Å². The molecule has 0 heterocycles. The van der Waals surface area contributed by atoms with Crippen LogP contribution in [0.1, 0.15) is 41.5 Å². The highest BCUT2D eigenvalue weighted by molar-refractivity contribution is 7.80. The highest BCUT2D eigenvalue weighted by Gasteiger charge is 2.21. The maximum absolute atomic E-state index is 12.1. The van der Waals surface area contributed by atoms with Crippen LogP contribution in [0.2, 0.25) is 0 Å². The predicted molar refractivity (Wildman–Crippen MR) is 114 cm³/mol. The number of aliphatic imine (C=N–C) groups is 1. The van der Waals surface area contributed by atoms with Gasteiger partial charge < -0.3 is 14.4 Å². The summed E-state index contributed by atoms with van der Waals surface area (Å²) >= 11 is 4.45. The molecule has 0 bridgehead atoms. The normalized spacial score (nSPS) is 11.3. The van der Waals surface area contributed by atoms with Crippen LogP contribution < -0.4 is 15.5 Å². The van der Waals surface area contributed by atoms with Gasteiger partial charge in [-0.1, -0.05) is 0 Å². The lowest BCUT2D eigenvalue weighted by atomic mass is 10.2. The Kier molecular flexibility index (Phi) is 7.75. The zero-order valence-corrected chi connectivity index (χ0v) is 18.6. The molecule has 8 nitrogen and oxygen atoms in total. The van der Waals surface area contributed by atoms with Crippen LogP contribution in [0.4, 0.5) is 21.0 Å². The van der Waals surface area contributed by atoms with Crippen LogP contribution in [0.3, 0.4) is 0 Å². The minimum absolute atomic E-state index is 0.117. The van der Waals surface area contributed by atoms with Gasteiger partial charge in [0, 0.05) is 24.7 Å². The van der Waals surface area contributed by atoms with Crippen molar-refractivity contribution in [3.8, 4) is 0 Å². The topological polar surface area (TPSA) is 92.3 Å². The minimum Gasteiger partial charge on any atom is -0.444 e. The molecule has 156 valence electrons. The molecule has 0 fully saturated rings. The van der Waals surface area contributed by atoms with Crippen molar-refractivity contribution in [3.05, 3.63) is 18.2 Å². The molecule has 0 aliphatic heterocycles. The molecule has 0 unspecified atom stereocenters. The number of hydrogen-bond acceptors (Lipinski definition) is 7. The minimum atomic E-state index is -0.752. The number of carbonyl (C=O) groups excluding carboxylic acids is 2. The maximum Gasteiger partial charge on any atom is 0.414 e. The molecule has 0 saturated heterocycles. The third kappa shape index (κ3) is 8.98. The first-order valence-electron chi connectivity index (χ1n) is 8.75. The van der Waals surface area contributed by atoms with E-state index < -0.39 is 23.4 Å². The zero-order valence-electron chi connectivity index (χ0n) is 17.7. The standard InChI is InChI=1S/C19H30N4O4S/c1-18(2,3)26-16(24)21-15(22-17(25)27-19(4,5)6)20-12-9-10-13(23(7)8)14(28)11-12/h9-11,28H,1-8H3,(H2,20,21,22,24,25). The number of alkyl carbamates (subject to hydrolysis) is 2. The van der Waals surface area contributed by atoms with Crippen LogP contribution in [0.5, 0.6) is 0 Å². The highest BCUT2D eigenvalue weighted by Crippen LogP contribution is 2.27. The van der Waals surface area contributed by atoms with Gasteiger partial charge in [-0.05, 0) is 59.7 Å². The predicted octanol–water partition coefficient (Wildman–Crippen LogP) is 4.08. The summed E-state index contributed by atoms with van der Waals surface area (Å²) < 4.78 is 10.4. The first kappa shape index (κ1) is 23.6. The van der Waals surface area contributed by atoms with Crippen LogP contribution in [0.25, 0.3) is 0 Å². The molecule has 0 aromatic heterocycles. The van der Waals surface area contributed by atoms with Gasteiger partial charge in [0.05, 0.1) is 5.69 Å². The molecular weight excluding hydrogens is 380 g/mol. The molecule has 0 radical (unpaired) electrons. The Morgan fingerprint density at radius 2 is 1.43 bits per heavy atom. The SMILES string of the molecule is CN(C)c1ccc(N=C(NC(=O)OC(C)(C)C)NC(=O)OC(C)(C)C)cc1S. The first-order valence-corrected chi connectivity index (χ1v) is 9.20. The molecule has 0 aliphatic rings. The molecule has 0 aliphatic carbocycles. The molecule has 0 atom stereocenters. The monoisotopic (exact) mass is 410 g/mol. The van der Waals surface area contributed by atoms with Crippen molar-refractivity contribution in [2.45, 2.75) is 57.6 Å². The average Bonchev–Trinajstić information content (AvgIpc) is 2.42. The molecule has 0 saturated carbocycles. The number of hydrogen-bond donors (Lipinski definition) is 3. The number of guanidine groups is 1. The molecule has 0 spiro atoms. The number of carbonyl (C=O) groups is 2. The Labute approximate surface area is 172 Å². The summed E-state index contributed by atoms with van der Waals surface area (Å²) in [5.41, 5.74) is -0.0128. The van der Waals surface area contributed by atoms with E-state index in [4.69, 9.17) is 9.47 Å². The number of nitrogens with zero attached hydrogens (tertiary/aromatic N) is 2. The zero-order chi connectivity index (χ0) is 21.7. The van der Waals surface area contributed by atoms with E-state index in [1.54, 1.807) is 53.7 Å². The fourth-order valence-corrected chi connectivity index (χ4v) is 2.38. The smallest absolute Gasteiger partial charge is 0.414 e. The van der Waals surface area contributed by atoms with Crippen LogP contribution in [-0.4, -0.2) is 43.4 Å². The number of amides is 2. The van der Waals surface area contributed by atoms with Gasteiger partial charge in [-0.15, -0.1) is 12.6 Å². The summed E-state index contributed by atoms with van der Waals surface area (Å²) in [5, 5.41) is 4.87. The van der Waals surface area contributed by atoms with E-state index in [-0.39, 0.29) is 5.96 Å². The Balaban J connectivity index is 3.11. The highest BCUT2D eigenvalue weighted by atomic mass is 32.1. The summed E-state index contributed by atoms with van der Waals surface area (Å²) in [7, 11) is 3.80. The van der Waals surface area contributed by atoms with E-state index in [9.17, 15) is 9.59 Å². The Morgan fingerprint density at radius 1 is 0.964 bits per heavy atom. The Hall–Kier alpha value is -2.42. The first-order chi connectivity index (χ1) is 12.7. The van der Waals surface area contributed by atoms with Crippen LogP contribution >= 0.6 is 12.6 Å². The second-order valence-corrected chi connectivity index (χ2v) is 8.76. The number of nitrogens with one attached hydrogen (secondary N) is 2.